The van der Waals surface area contributed by atoms with E-state index in [9.17, 15) is 0 Å². The number of hydrogen-bond donors (Lipinski definition) is 1. The average molecular weight is 207 g/mol. The number of aryl methyl sites for hydroxylation is 1. The molecular formula is C10H13N3O2. The molecule has 0 unspecified atom stereocenters. The van der Waals surface area contributed by atoms with E-state index in [0.717, 1.165) is 25.1 Å². The summed E-state index contributed by atoms with van der Waals surface area (Å²) < 4.78 is 9.93. The van der Waals surface area contributed by atoms with Gasteiger partial charge >= 0.3 is 0 Å². The predicted molar refractivity (Wildman–Crippen MR) is 53.2 cm³/mol. The van der Waals surface area contributed by atoms with E-state index >= 15 is 0 Å². The van der Waals surface area contributed by atoms with Crippen molar-refractivity contribution in [3.63, 3.8) is 0 Å². The van der Waals surface area contributed by atoms with Crippen molar-refractivity contribution in [2.24, 2.45) is 0 Å². The average Bonchev–Trinajstić information content (AvgIpc) is 2.84. The molecule has 0 saturated carbocycles. The van der Waals surface area contributed by atoms with E-state index in [2.05, 4.69) is 15.5 Å². The highest BCUT2D eigenvalue weighted by Crippen LogP contribution is 1.99. The molecule has 2 aromatic rings. The summed E-state index contributed by atoms with van der Waals surface area (Å²) in [5, 5.41) is 6.97. The minimum atomic E-state index is 0.673. The molecule has 15 heavy (non-hydrogen) atoms. The summed E-state index contributed by atoms with van der Waals surface area (Å²) in [4.78, 5) is 4.11. The second kappa shape index (κ2) is 4.75. The van der Waals surface area contributed by atoms with Gasteiger partial charge in [-0.3, -0.25) is 0 Å². The number of nitrogens with one attached hydrogen (secondary N) is 1. The molecule has 0 spiro atoms. The van der Waals surface area contributed by atoms with Gasteiger partial charge in [-0.15, -0.1) is 0 Å². The Bertz CT molecular complexity index is 394. The van der Waals surface area contributed by atoms with Crippen LogP contribution in [0, 0.1) is 6.92 Å². The Kier molecular flexibility index (Phi) is 3.14. The molecule has 2 aromatic heterocycles. The molecule has 1 N–H and O–H groups in total. The third-order valence-corrected chi connectivity index (χ3v) is 1.99. The van der Waals surface area contributed by atoms with E-state index in [1.165, 1.54) is 0 Å². The first-order chi connectivity index (χ1) is 7.34. The molecule has 0 aliphatic carbocycles. The molecule has 0 radical (unpaired) electrons. The first-order valence-corrected chi connectivity index (χ1v) is 4.85. The molecule has 0 bridgehead atoms. The van der Waals surface area contributed by atoms with Crippen molar-refractivity contribution >= 4 is 0 Å². The second-order valence-corrected chi connectivity index (χ2v) is 3.29. The van der Waals surface area contributed by atoms with Crippen molar-refractivity contribution in [3.05, 3.63) is 35.9 Å². The first-order valence-electron chi connectivity index (χ1n) is 4.85. The van der Waals surface area contributed by atoms with Crippen molar-refractivity contribution < 1.29 is 8.94 Å². The van der Waals surface area contributed by atoms with Crippen LogP contribution in [0.3, 0.4) is 0 Å². The Balaban J connectivity index is 1.67. The van der Waals surface area contributed by atoms with E-state index in [1.54, 1.807) is 12.5 Å². The summed E-state index contributed by atoms with van der Waals surface area (Å²) >= 11 is 0. The largest absolute Gasteiger partial charge is 0.472 e. The fourth-order valence-corrected chi connectivity index (χ4v) is 1.26. The minimum absolute atomic E-state index is 0.673. The molecule has 0 aliphatic heterocycles. The Morgan fingerprint density at radius 1 is 1.47 bits per heavy atom. The van der Waals surface area contributed by atoms with Crippen LogP contribution in [-0.4, -0.2) is 16.7 Å². The summed E-state index contributed by atoms with van der Waals surface area (Å²) in [7, 11) is 0. The minimum Gasteiger partial charge on any atom is -0.472 e. The Labute approximate surface area is 87.5 Å². The lowest BCUT2D eigenvalue weighted by molar-refractivity contribution is 0.372. The number of hydrogen-bond acceptors (Lipinski definition) is 5. The van der Waals surface area contributed by atoms with Crippen LogP contribution in [0.25, 0.3) is 0 Å². The zero-order valence-electron chi connectivity index (χ0n) is 8.56. The Morgan fingerprint density at radius 3 is 3.07 bits per heavy atom. The van der Waals surface area contributed by atoms with Crippen LogP contribution in [-0.2, 0) is 13.0 Å². The normalized spacial score (nSPS) is 10.7. The standard InChI is InChI=1S/C10H13N3O2/c1-8-12-10(15-13-8)2-4-11-6-9-3-5-14-7-9/h3,5,7,11H,2,4,6H2,1H3. The van der Waals surface area contributed by atoms with E-state index in [0.29, 0.717) is 11.7 Å². The highest BCUT2D eigenvalue weighted by atomic mass is 16.5. The maximum Gasteiger partial charge on any atom is 0.227 e. The van der Waals surface area contributed by atoms with Gasteiger partial charge < -0.3 is 14.3 Å². The van der Waals surface area contributed by atoms with E-state index in [1.807, 2.05) is 13.0 Å². The van der Waals surface area contributed by atoms with Crippen LogP contribution >= 0.6 is 0 Å². The number of rotatable bonds is 5. The molecule has 0 fully saturated rings. The van der Waals surface area contributed by atoms with Gasteiger partial charge in [0.15, 0.2) is 5.82 Å². The fourth-order valence-electron chi connectivity index (χ4n) is 1.26. The summed E-state index contributed by atoms with van der Waals surface area (Å²) in [6, 6.07) is 1.93. The third-order valence-electron chi connectivity index (χ3n) is 1.99. The monoisotopic (exact) mass is 207 g/mol. The van der Waals surface area contributed by atoms with Crippen molar-refractivity contribution in [2.45, 2.75) is 19.9 Å². The zero-order chi connectivity index (χ0) is 10.5. The number of nitrogens with zero attached hydrogens (tertiary/aromatic N) is 2. The van der Waals surface area contributed by atoms with Crippen LogP contribution in [0.1, 0.15) is 17.3 Å². The van der Waals surface area contributed by atoms with E-state index < -0.39 is 0 Å². The van der Waals surface area contributed by atoms with Crippen LogP contribution < -0.4 is 5.32 Å². The van der Waals surface area contributed by atoms with Gasteiger partial charge in [-0.05, 0) is 13.0 Å². The van der Waals surface area contributed by atoms with Crippen LogP contribution in [0.4, 0.5) is 0 Å². The predicted octanol–water partition coefficient (Wildman–Crippen LogP) is 1.30. The highest BCUT2D eigenvalue weighted by Gasteiger charge is 2.01. The molecule has 5 heteroatoms. The molecule has 0 saturated heterocycles. The topological polar surface area (TPSA) is 64.1 Å². The molecule has 5 nitrogen and oxygen atoms in total. The maximum atomic E-state index is 4.98. The molecule has 0 amide bonds. The lowest BCUT2D eigenvalue weighted by Gasteiger charge is -1.98. The zero-order valence-corrected chi connectivity index (χ0v) is 8.56. The number of furan rings is 1. The summed E-state index contributed by atoms with van der Waals surface area (Å²) in [5.74, 6) is 1.35. The molecule has 80 valence electrons. The molecule has 0 aromatic carbocycles. The first kappa shape index (κ1) is 9.92. The summed E-state index contributed by atoms with van der Waals surface area (Å²) in [6.45, 7) is 3.42. The van der Waals surface area contributed by atoms with E-state index in [4.69, 9.17) is 8.94 Å². The van der Waals surface area contributed by atoms with Gasteiger partial charge in [-0.2, -0.15) is 4.98 Å². The fraction of sp³-hybridized carbons (Fsp3) is 0.400. The Hall–Kier alpha value is -1.62. The second-order valence-electron chi connectivity index (χ2n) is 3.29. The van der Waals surface area contributed by atoms with Crippen molar-refractivity contribution in [2.75, 3.05) is 6.54 Å². The van der Waals surface area contributed by atoms with Gasteiger partial charge in [0.05, 0.1) is 12.5 Å². The van der Waals surface area contributed by atoms with Gasteiger partial charge in [-0.1, -0.05) is 5.16 Å². The van der Waals surface area contributed by atoms with E-state index in [-0.39, 0.29) is 0 Å². The summed E-state index contributed by atoms with van der Waals surface area (Å²) in [5.41, 5.74) is 1.14. The van der Waals surface area contributed by atoms with Crippen molar-refractivity contribution in [1.29, 1.82) is 0 Å². The smallest absolute Gasteiger partial charge is 0.227 e. The molecule has 0 atom stereocenters. The van der Waals surface area contributed by atoms with Gasteiger partial charge in [0.2, 0.25) is 5.89 Å². The van der Waals surface area contributed by atoms with Gasteiger partial charge in [0.1, 0.15) is 0 Å². The SMILES string of the molecule is Cc1noc(CCNCc2ccoc2)n1. The number of aromatic nitrogens is 2. The summed E-state index contributed by atoms with van der Waals surface area (Å²) in [6.07, 6.45) is 4.14. The lowest BCUT2D eigenvalue weighted by Crippen LogP contribution is -2.16. The molecule has 2 heterocycles. The van der Waals surface area contributed by atoms with Gasteiger partial charge in [0, 0.05) is 25.1 Å². The van der Waals surface area contributed by atoms with Crippen LogP contribution in [0.5, 0.6) is 0 Å². The van der Waals surface area contributed by atoms with Gasteiger partial charge in [0.25, 0.3) is 0 Å². The molecular weight excluding hydrogens is 194 g/mol. The van der Waals surface area contributed by atoms with Crippen LogP contribution in [0.15, 0.2) is 27.5 Å². The lowest BCUT2D eigenvalue weighted by atomic mass is 10.3. The third kappa shape index (κ3) is 2.92. The van der Waals surface area contributed by atoms with Crippen LogP contribution in [0.2, 0.25) is 0 Å². The maximum absolute atomic E-state index is 4.98. The quantitative estimate of drug-likeness (QED) is 0.749. The molecule has 2 rings (SSSR count). The Morgan fingerprint density at radius 2 is 2.40 bits per heavy atom. The van der Waals surface area contributed by atoms with Gasteiger partial charge in [-0.25, -0.2) is 0 Å². The highest BCUT2D eigenvalue weighted by molar-refractivity contribution is 5.04. The van der Waals surface area contributed by atoms with Crippen molar-refractivity contribution in [3.8, 4) is 0 Å². The van der Waals surface area contributed by atoms with Crippen molar-refractivity contribution in [1.82, 2.24) is 15.5 Å². The molecule has 0 aliphatic rings.